The van der Waals surface area contributed by atoms with Gasteiger partial charge in [0.15, 0.2) is 22.5 Å². The Bertz CT molecular complexity index is 1150. The highest BCUT2D eigenvalue weighted by Crippen LogP contribution is 2.34. The summed E-state index contributed by atoms with van der Waals surface area (Å²) in [4.78, 5) is 25.2. The van der Waals surface area contributed by atoms with E-state index in [9.17, 15) is 9.59 Å². The van der Waals surface area contributed by atoms with Gasteiger partial charge in [-0.15, -0.1) is 10.2 Å². The molecular weight excluding hydrogens is 442 g/mol. The Morgan fingerprint density at radius 2 is 1.85 bits per heavy atom. The molecule has 172 valence electrons. The summed E-state index contributed by atoms with van der Waals surface area (Å²) < 4.78 is 12.6. The lowest BCUT2D eigenvalue weighted by molar-refractivity contribution is -0.115. The van der Waals surface area contributed by atoms with Gasteiger partial charge >= 0.3 is 0 Å². The average molecular weight is 468 g/mol. The van der Waals surface area contributed by atoms with Crippen LogP contribution in [0.5, 0.6) is 11.5 Å². The number of nitrogens with zero attached hydrogens (tertiary/aromatic N) is 3. The molecule has 0 fully saturated rings. The minimum Gasteiger partial charge on any atom is -0.454 e. The van der Waals surface area contributed by atoms with E-state index in [4.69, 9.17) is 9.47 Å². The number of hydrogen-bond acceptors (Lipinski definition) is 7. The molecule has 4 rings (SSSR count). The molecular formula is C23H25N5O4S. The monoisotopic (exact) mass is 467 g/mol. The van der Waals surface area contributed by atoms with E-state index in [-0.39, 0.29) is 24.6 Å². The van der Waals surface area contributed by atoms with Crippen molar-refractivity contribution in [3.05, 3.63) is 59.9 Å². The zero-order valence-electron chi connectivity index (χ0n) is 18.6. The Morgan fingerprint density at radius 3 is 2.61 bits per heavy atom. The van der Waals surface area contributed by atoms with E-state index < -0.39 is 5.25 Å². The number of rotatable bonds is 8. The van der Waals surface area contributed by atoms with Gasteiger partial charge < -0.3 is 24.7 Å². The molecule has 1 aromatic heterocycles. The van der Waals surface area contributed by atoms with Gasteiger partial charge in [0.1, 0.15) is 0 Å². The molecule has 0 aliphatic carbocycles. The molecule has 9 nitrogen and oxygen atoms in total. The average Bonchev–Trinajstić information content (AvgIpc) is 3.45. The van der Waals surface area contributed by atoms with Gasteiger partial charge in [0, 0.05) is 23.9 Å². The summed E-state index contributed by atoms with van der Waals surface area (Å²) in [5.74, 6) is 1.55. The Balaban J connectivity index is 1.40. The van der Waals surface area contributed by atoms with Crippen molar-refractivity contribution in [3.8, 4) is 11.5 Å². The van der Waals surface area contributed by atoms with Crippen molar-refractivity contribution in [3.63, 3.8) is 0 Å². The van der Waals surface area contributed by atoms with E-state index in [0.29, 0.717) is 40.3 Å². The van der Waals surface area contributed by atoms with Crippen LogP contribution in [0.4, 0.5) is 5.69 Å². The number of nitrogens with one attached hydrogen (secondary N) is 2. The Labute approximate surface area is 195 Å². The zero-order valence-corrected chi connectivity index (χ0v) is 19.4. The highest BCUT2D eigenvalue weighted by atomic mass is 32.2. The van der Waals surface area contributed by atoms with E-state index in [1.807, 2.05) is 43.5 Å². The minimum atomic E-state index is -0.424. The van der Waals surface area contributed by atoms with Gasteiger partial charge in [0.05, 0.1) is 11.3 Å². The van der Waals surface area contributed by atoms with Crippen LogP contribution in [0.2, 0.25) is 0 Å². The van der Waals surface area contributed by atoms with Crippen molar-refractivity contribution in [2.75, 3.05) is 12.1 Å². The van der Waals surface area contributed by atoms with E-state index in [1.165, 1.54) is 11.8 Å². The van der Waals surface area contributed by atoms with Gasteiger partial charge in [-0.25, -0.2) is 0 Å². The maximum absolute atomic E-state index is 12.7. The standard InChI is InChI=1S/C23H25N5O4S/c1-4-28-20(14(2)24-22(30)16-8-6-5-7-9-16)26-27-23(28)33-15(3)21(29)25-17-10-11-18-19(12-17)32-13-31-18/h5-12,14-15H,4,13H2,1-3H3,(H,24,30)(H,25,29)/t14-,15-/m1/s1. The lowest BCUT2D eigenvalue weighted by atomic mass is 10.2. The molecule has 2 heterocycles. The van der Waals surface area contributed by atoms with Crippen LogP contribution in [0, 0.1) is 0 Å². The third-order valence-electron chi connectivity index (χ3n) is 5.12. The van der Waals surface area contributed by atoms with Crippen LogP contribution in [0.25, 0.3) is 0 Å². The number of carbonyl (C=O) groups excluding carboxylic acids is 2. The van der Waals surface area contributed by atoms with Crippen molar-refractivity contribution >= 4 is 29.3 Å². The van der Waals surface area contributed by atoms with Crippen LogP contribution in [0.15, 0.2) is 53.7 Å². The number of benzene rings is 2. The highest BCUT2D eigenvalue weighted by molar-refractivity contribution is 8.00. The van der Waals surface area contributed by atoms with E-state index in [2.05, 4.69) is 20.8 Å². The fraction of sp³-hybridized carbons (Fsp3) is 0.304. The summed E-state index contributed by atoms with van der Waals surface area (Å²) in [6.45, 7) is 6.42. The summed E-state index contributed by atoms with van der Waals surface area (Å²) in [7, 11) is 0. The van der Waals surface area contributed by atoms with Gasteiger partial charge in [-0.3, -0.25) is 9.59 Å². The second-order valence-electron chi connectivity index (χ2n) is 7.46. The van der Waals surface area contributed by atoms with Crippen LogP contribution in [-0.4, -0.2) is 38.6 Å². The second kappa shape index (κ2) is 9.95. The molecule has 0 saturated carbocycles. The van der Waals surface area contributed by atoms with Gasteiger partial charge in [-0.2, -0.15) is 0 Å². The third-order valence-corrected chi connectivity index (χ3v) is 6.20. The SMILES string of the molecule is CCn1c(S[C@H](C)C(=O)Nc2ccc3c(c2)OCO3)nnc1[C@@H](C)NC(=O)c1ccccc1. The molecule has 1 aliphatic rings. The molecule has 2 atom stereocenters. The molecule has 0 saturated heterocycles. The topological polar surface area (TPSA) is 107 Å². The molecule has 2 N–H and O–H groups in total. The molecule has 2 amide bonds. The number of fused-ring (bicyclic) bond motifs is 1. The first kappa shape index (κ1) is 22.7. The quantitative estimate of drug-likeness (QED) is 0.487. The lowest BCUT2D eigenvalue weighted by Crippen LogP contribution is -2.29. The molecule has 33 heavy (non-hydrogen) atoms. The molecule has 0 bridgehead atoms. The van der Waals surface area contributed by atoms with Crippen molar-refractivity contribution in [2.45, 2.75) is 43.8 Å². The Morgan fingerprint density at radius 1 is 1.09 bits per heavy atom. The lowest BCUT2D eigenvalue weighted by Gasteiger charge is -2.16. The predicted molar refractivity (Wildman–Crippen MR) is 125 cm³/mol. The van der Waals surface area contributed by atoms with Crippen LogP contribution in [0.3, 0.4) is 0 Å². The number of amides is 2. The normalized spacial score (nSPS) is 13.9. The van der Waals surface area contributed by atoms with Gasteiger partial charge in [-0.1, -0.05) is 30.0 Å². The maximum atomic E-state index is 12.7. The zero-order chi connectivity index (χ0) is 23.4. The van der Waals surface area contributed by atoms with Gasteiger partial charge in [0.2, 0.25) is 12.7 Å². The van der Waals surface area contributed by atoms with Crippen molar-refractivity contribution in [1.82, 2.24) is 20.1 Å². The number of ether oxygens (including phenoxy) is 2. The maximum Gasteiger partial charge on any atom is 0.251 e. The molecule has 0 unspecified atom stereocenters. The summed E-state index contributed by atoms with van der Waals surface area (Å²) >= 11 is 1.31. The fourth-order valence-corrected chi connectivity index (χ4v) is 4.29. The Hall–Kier alpha value is -3.53. The van der Waals surface area contributed by atoms with Crippen LogP contribution in [0.1, 0.15) is 43.0 Å². The minimum absolute atomic E-state index is 0.170. The van der Waals surface area contributed by atoms with Crippen LogP contribution < -0.4 is 20.1 Å². The fourth-order valence-electron chi connectivity index (χ4n) is 3.37. The highest BCUT2D eigenvalue weighted by Gasteiger charge is 2.23. The van der Waals surface area contributed by atoms with Crippen molar-refractivity contribution in [2.24, 2.45) is 0 Å². The summed E-state index contributed by atoms with van der Waals surface area (Å²) in [6, 6.07) is 13.9. The number of hydrogen-bond donors (Lipinski definition) is 2. The molecule has 0 spiro atoms. The molecule has 0 radical (unpaired) electrons. The number of carbonyl (C=O) groups is 2. The number of anilines is 1. The number of thioether (sulfide) groups is 1. The van der Waals surface area contributed by atoms with Gasteiger partial charge in [0.25, 0.3) is 5.91 Å². The largest absolute Gasteiger partial charge is 0.454 e. The molecule has 10 heteroatoms. The molecule has 2 aromatic carbocycles. The molecule has 1 aliphatic heterocycles. The van der Waals surface area contributed by atoms with Crippen molar-refractivity contribution in [1.29, 1.82) is 0 Å². The van der Waals surface area contributed by atoms with E-state index >= 15 is 0 Å². The third kappa shape index (κ3) is 5.11. The first-order valence-corrected chi connectivity index (χ1v) is 11.5. The first-order valence-electron chi connectivity index (χ1n) is 10.6. The summed E-state index contributed by atoms with van der Waals surface area (Å²) in [5, 5.41) is 14.6. The Kier molecular flexibility index (Phi) is 6.83. The summed E-state index contributed by atoms with van der Waals surface area (Å²) in [6.07, 6.45) is 0. The van der Waals surface area contributed by atoms with Crippen molar-refractivity contribution < 1.29 is 19.1 Å². The number of aromatic nitrogens is 3. The summed E-state index contributed by atoms with van der Waals surface area (Å²) in [5.41, 5.74) is 1.21. The second-order valence-corrected chi connectivity index (χ2v) is 8.77. The van der Waals surface area contributed by atoms with Gasteiger partial charge in [-0.05, 0) is 45.0 Å². The van der Waals surface area contributed by atoms with E-state index in [1.54, 1.807) is 30.3 Å². The van der Waals surface area contributed by atoms with Crippen LogP contribution >= 0.6 is 11.8 Å². The predicted octanol–water partition coefficient (Wildman–Crippen LogP) is 3.64. The smallest absolute Gasteiger partial charge is 0.251 e. The van der Waals surface area contributed by atoms with Crippen LogP contribution in [-0.2, 0) is 11.3 Å². The van der Waals surface area contributed by atoms with E-state index in [0.717, 1.165) is 0 Å². The first-order chi connectivity index (χ1) is 16.0. The molecule has 3 aromatic rings.